The molecule has 4 aromatic rings. The Labute approximate surface area is 210 Å². The van der Waals surface area contributed by atoms with E-state index in [1.807, 2.05) is 30.3 Å². The number of amides is 1. The Hall–Kier alpha value is -3.84. The zero-order valence-corrected chi connectivity index (χ0v) is 20.4. The number of carbonyl (C=O) groups is 1. The van der Waals surface area contributed by atoms with Gasteiger partial charge in [-0.05, 0) is 40.8 Å². The Kier molecular flexibility index (Phi) is 5.85. The molecule has 1 fully saturated rings. The lowest BCUT2D eigenvalue weighted by atomic mass is 9.96. The fourth-order valence-electron chi connectivity index (χ4n) is 5.50. The molecule has 7 heteroatoms. The van der Waals surface area contributed by atoms with Gasteiger partial charge < -0.3 is 4.52 Å². The average molecular weight is 480 g/mol. The molecule has 182 valence electrons. The summed E-state index contributed by atoms with van der Waals surface area (Å²) in [5, 5.41) is 16.6. The van der Waals surface area contributed by atoms with Crippen LogP contribution in [0.15, 0.2) is 82.4 Å². The molecule has 36 heavy (non-hydrogen) atoms. The van der Waals surface area contributed by atoms with Crippen molar-refractivity contribution < 1.29 is 9.32 Å². The van der Waals surface area contributed by atoms with Gasteiger partial charge in [0.1, 0.15) is 0 Å². The summed E-state index contributed by atoms with van der Waals surface area (Å²) in [6.07, 6.45) is 4.56. The summed E-state index contributed by atoms with van der Waals surface area (Å²) in [4.78, 5) is 18.1. The van der Waals surface area contributed by atoms with Crippen LogP contribution >= 0.6 is 0 Å². The van der Waals surface area contributed by atoms with Crippen molar-refractivity contribution in [3.63, 3.8) is 0 Å². The van der Waals surface area contributed by atoms with E-state index in [9.17, 15) is 4.79 Å². The van der Waals surface area contributed by atoms with Crippen LogP contribution in [0.4, 0.5) is 0 Å². The van der Waals surface area contributed by atoms with Crippen LogP contribution in [0.25, 0.3) is 10.8 Å². The van der Waals surface area contributed by atoms with Crippen LogP contribution in [-0.4, -0.2) is 33.3 Å². The Morgan fingerprint density at radius 2 is 1.78 bits per heavy atom. The highest BCUT2D eigenvalue weighted by atomic mass is 16.5. The van der Waals surface area contributed by atoms with Gasteiger partial charge in [-0.15, -0.1) is 0 Å². The smallest absolute Gasteiger partial charge is 0.257 e. The van der Waals surface area contributed by atoms with Gasteiger partial charge in [-0.3, -0.25) is 10.1 Å². The van der Waals surface area contributed by atoms with Crippen molar-refractivity contribution >= 4 is 22.4 Å². The van der Waals surface area contributed by atoms with Gasteiger partial charge in [-0.2, -0.15) is 10.1 Å². The third-order valence-electron chi connectivity index (χ3n) is 7.42. The van der Waals surface area contributed by atoms with E-state index in [1.54, 1.807) is 11.9 Å². The molecule has 1 aliphatic carbocycles. The molecule has 0 bridgehead atoms. The summed E-state index contributed by atoms with van der Waals surface area (Å²) in [5.74, 6) is 1.12. The first kappa shape index (κ1) is 22.6. The second kappa shape index (κ2) is 9.32. The predicted octanol–water partition coefficient (Wildman–Crippen LogP) is 5.27. The third-order valence-corrected chi connectivity index (χ3v) is 7.42. The number of hydrogen-bond acceptors (Lipinski definition) is 6. The molecule has 1 amide bonds. The Balaban J connectivity index is 1.28. The summed E-state index contributed by atoms with van der Waals surface area (Å²) in [7, 11) is 0. The number of hydrogen-bond donors (Lipinski definition) is 1. The van der Waals surface area contributed by atoms with Gasteiger partial charge in [-0.25, -0.2) is 5.01 Å². The number of benzene rings is 3. The minimum Gasteiger partial charge on any atom is -0.340 e. The highest BCUT2D eigenvalue weighted by Crippen LogP contribution is 2.38. The maximum absolute atomic E-state index is 13.6. The monoisotopic (exact) mass is 479 g/mol. The van der Waals surface area contributed by atoms with E-state index in [0.717, 1.165) is 42.5 Å². The summed E-state index contributed by atoms with van der Waals surface area (Å²) in [6.45, 7) is 1.95. The van der Waals surface area contributed by atoms with E-state index >= 15 is 0 Å². The second-order valence-electron chi connectivity index (χ2n) is 9.76. The summed E-state index contributed by atoms with van der Waals surface area (Å²) < 4.78 is 5.26. The molecule has 2 aliphatic rings. The van der Waals surface area contributed by atoms with E-state index < -0.39 is 5.54 Å². The van der Waals surface area contributed by atoms with Crippen LogP contribution in [0.5, 0.6) is 0 Å². The quantitative estimate of drug-likeness (QED) is 0.407. The van der Waals surface area contributed by atoms with Crippen molar-refractivity contribution in [1.82, 2.24) is 20.5 Å². The summed E-state index contributed by atoms with van der Waals surface area (Å²) in [5.41, 5.74) is 2.62. The van der Waals surface area contributed by atoms with Gasteiger partial charge in [0.25, 0.3) is 5.91 Å². The molecular formula is C29H29N5O2. The SMILES string of the molecule is Cc1nc(C2(NCC(=O)N3N=C(c4ccc5ccccc5c4)CC3c3ccccc3)CCCC2)no1. The first-order valence-corrected chi connectivity index (χ1v) is 12.6. The number of carbonyl (C=O) groups excluding carboxylic acids is 1. The molecule has 1 atom stereocenters. The fourth-order valence-corrected chi connectivity index (χ4v) is 5.50. The third kappa shape index (κ3) is 4.20. The molecule has 1 unspecified atom stereocenters. The number of nitrogens with one attached hydrogen (secondary N) is 1. The van der Waals surface area contributed by atoms with Crippen molar-refractivity contribution in [3.05, 3.63) is 95.6 Å². The standard InChI is InChI=1S/C29H29N5O2/c1-20-31-28(33-36-20)29(15-7-8-16-29)30-19-27(35)34-26(22-10-3-2-4-11-22)18-25(32-34)24-14-13-21-9-5-6-12-23(21)17-24/h2-6,9-14,17,26,30H,7-8,15-16,18-19H2,1H3. The van der Waals surface area contributed by atoms with E-state index in [-0.39, 0.29) is 18.5 Å². The summed E-state index contributed by atoms with van der Waals surface area (Å²) in [6, 6.07) is 24.7. The van der Waals surface area contributed by atoms with E-state index in [1.165, 1.54) is 10.8 Å². The number of aryl methyl sites for hydroxylation is 1. The Morgan fingerprint density at radius 1 is 1.03 bits per heavy atom. The number of rotatable bonds is 6. The van der Waals surface area contributed by atoms with Crippen LogP contribution in [-0.2, 0) is 10.3 Å². The van der Waals surface area contributed by atoms with Gasteiger partial charge in [0, 0.05) is 13.3 Å². The zero-order valence-electron chi connectivity index (χ0n) is 20.4. The normalized spacial score (nSPS) is 19.1. The van der Waals surface area contributed by atoms with Crippen molar-refractivity contribution in [2.45, 2.75) is 50.6 Å². The number of fused-ring (bicyclic) bond motifs is 1. The Morgan fingerprint density at radius 3 is 2.53 bits per heavy atom. The second-order valence-corrected chi connectivity index (χ2v) is 9.76. The number of nitrogens with zero attached hydrogens (tertiary/aromatic N) is 4. The van der Waals surface area contributed by atoms with Crippen molar-refractivity contribution in [2.24, 2.45) is 5.10 Å². The van der Waals surface area contributed by atoms with Crippen molar-refractivity contribution in [1.29, 1.82) is 0 Å². The minimum atomic E-state index is -0.430. The molecule has 0 radical (unpaired) electrons. The van der Waals surface area contributed by atoms with Gasteiger partial charge in [0.15, 0.2) is 5.82 Å². The molecule has 1 N–H and O–H groups in total. The molecule has 1 saturated carbocycles. The molecule has 2 heterocycles. The number of hydrazone groups is 1. The molecule has 3 aromatic carbocycles. The highest BCUT2D eigenvalue weighted by molar-refractivity contribution is 6.05. The molecule has 1 aromatic heterocycles. The fraction of sp³-hybridized carbons (Fsp3) is 0.310. The Bertz CT molecular complexity index is 1420. The molecule has 6 rings (SSSR count). The molecule has 0 spiro atoms. The van der Waals surface area contributed by atoms with Gasteiger partial charge >= 0.3 is 0 Å². The van der Waals surface area contributed by atoms with Crippen LogP contribution in [0.3, 0.4) is 0 Å². The van der Waals surface area contributed by atoms with Crippen LogP contribution in [0, 0.1) is 6.92 Å². The lowest BCUT2D eigenvalue weighted by molar-refractivity contribution is -0.132. The van der Waals surface area contributed by atoms with Gasteiger partial charge in [-0.1, -0.05) is 84.7 Å². The highest BCUT2D eigenvalue weighted by Gasteiger charge is 2.41. The van der Waals surface area contributed by atoms with Crippen molar-refractivity contribution in [2.75, 3.05) is 6.54 Å². The van der Waals surface area contributed by atoms with E-state index in [2.05, 4.69) is 57.9 Å². The lowest BCUT2D eigenvalue weighted by Gasteiger charge is -2.28. The average Bonchev–Trinajstić information content (AvgIpc) is 3.68. The van der Waals surface area contributed by atoms with E-state index in [0.29, 0.717) is 18.1 Å². The first-order valence-electron chi connectivity index (χ1n) is 12.6. The number of aromatic nitrogens is 2. The summed E-state index contributed by atoms with van der Waals surface area (Å²) >= 11 is 0. The molecule has 1 aliphatic heterocycles. The molecule has 7 nitrogen and oxygen atoms in total. The molecular weight excluding hydrogens is 450 g/mol. The first-order chi connectivity index (χ1) is 17.6. The largest absolute Gasteiger partial charge is 0.340 e. The van der Waals surface area contributed by atoms with Gasteiger partial charge in [0.05, 0.1) is 23.8 Å². The minimum absolute atomic E-state index is 0.0638. The maximum Gasteiger partial charge on any atom is 0.257 e. The van der Waals surface area contributed by atoms with Crippen LogP contribution in [0.1, 0.15) is 61.0 Å². The lowest BCUT2D eigenvalue weighted by Crippen LogP contribution is -2.46. The van der Waals surface area contributed by atoms with Crippen LogP contribution < -0.4 is 5.32 Å². The maximum atomic E-state index is 13.6. The van der Waals surface area contributed by atoms with Crippen LogP contribution in [0.2, 0.25) is 0 Å². The molecule has 0 saturated heterocycles. The van der Waals surface area contributed by atoms with Crippen molar-refractivity contribution in [3.8, 4) is 0 Å². The zero-order chi connectivity index (χ0) is 24.5. The van der Waals surface area contributed by atoms with Gasteiger partial charge in [0.2, 0.25) is 5.89 Å². The topological polar surface area (TPSA) is 83.6 Å². The predicted molar refractivity (Wildman–Crippen MR) is 138 cm³/mol. The van der Waals surface area contributed by atoms with E-state index in [4.69, 9.17) is 9.62 Å².